The zero-order chi connectivity index (χ0) is 38.0. The van der Waals surface area contributed by atoms with Crippen molar-refractivity contribution in [2.45, 2.75) is 184 Å². The first-order valence-electron chi connectivity index (χ1n) is 20.1. The molecule has 8 atom stereocenters. The predicted molar refractivity (Wildman–Crippen MR) is 200 cm³/mol. The van der Waals surface area contributed by atoms with E-state index in [4.69, 9.17) is 9.47 Å². The van der Waals surface area contributed by atoms with Crippen LogP contribution in [0.15, 0.2) is 30.3 Å². The molecule has 300 valence electrons. The Labute approximate surface area is 311 Å². The summed E-state index contributed by atoms with van der Waals surface area (Å²) < 4.78 is 11.1. The number of nitrogens with one attached hydrogen (secondary N) is 2. The van der Waals surface area contributed by atoms with E-state index in [1.54, 1.807) is 12.1 Å². The molecule has 1 aromatic carbocycles. The molecule has 1 aromatic rings. The molecule has 1 saturated heterocycles. The number of aliphatic hydroxyl groups excluding tert-OH is 6. The van der Waals surface area contributed by atoms with Gasteiger partial charge < -0.3 is 50.7 Å². The Kier molecular flexibility index (Phi) is 25.0. The van der Waals surface area contributed by atoms with Crippen molar-refractivity contribution in [1.29, 1.82) is 0 Å². The average molecular weight is 739 g/mol. The zero-order valence-electron chi connectivity index (χ0n) is 31.6. The molecule has 0 spiro atoms. The van der Waals surface area contributed by atoms with Crippen LogP contribution in [0.1, 0.15) is 146 Å². The molecule has 0 radical (unpaired) electrons. The maximum atomic E-state index is 12.9. The Balaban J connectivity index is 1.73. The summed E-state index contributed by atoms with van der Waals surface area (Å²) in [6.45, 7) is 1.88. The highest BCUT2D eigenvalue weighted by atomic mass is 16.7. The number of rotatable bonds is 30. The van der Waals surface area contributed by atoms with E-state index in [1.165, 1.54) is 51.4 Å². The number of hydrogen-bond acceptors (Lipinski definition) is 10. The van der Waals surface area contributed by atoms with Gasteiger partial charge in [0.05, 0.1) is 25.4 Å². The summed E-state index contributed by atoms with van der Waals surface area (Å²) in [4.78, 5) is 25.1. The van der Waals surface area contributed by atoms with Gasteiger partial charge in [-0.05, 0) is 31.4 Å². The molecule has 0 bridgehead atoms. The van der Waals surface area contributed by atoms with Gasteiger partial charge in [-0.1, -0.05) is 128 Å². The molecule has 0 aliphatic carbocycles. The van der Waals surface area contributed by atoms with E-state index in [0.717, 1.165) is 57.8 Å². The van der Waals surface area contributed by atoms with Gasteiger partial charge >= 0.3 is 0 Å². The molecule has 0 saturated carbocycles. The number of unbranched alkanes of at least 4 members (excludes halogenated alkanes) is 16. The number of carbonyl (C=O) groups is 2. The lowest BCUT2D eigenvalue weighted by Crippen LogP contribution is -2.60. The van der Waals surface area contributed by atoms with Crippen molar-refractivity contribution in [2.24, 2.45) is 0 Å². The third kappa shape index (κ3) is 18.7. The molecule has 1 fully saturated rings. The van der Waals surface area contributed by atoms with Crippen molar-refractivity contribution >= 4 is 11.8 Å². The van der Waals surface area contributed by atoms with E-state index in [-0.39, 0.29) is 24.8 Å². The zero-order valence-corrected chi connectivity index (χ0v) is 31.6. The highest BCUT2D eigenvalue weighted by Gasteiger charge is 2.44. The Morgan fingerprint density at radius 3 is 1.90 bits per heavy atom. The molecule has 1 aliphatic heterocycles. The van der Waals surface area contributed by atoms with E-state index < -0.39 is 55.6 Å². The van der Waals surface area contributed by atoms with Crippen LogP contribution < -0.4 is 10.6 Å². The molecule has 12 nitrogen and oxygen atoms in total. The number of ether oxygens (including phenoxy) is 2. The molecule has 52 heavy (non-hydrogen) atoms. The molecular weight excluding hydrogens is 668 g/mol. The fourth-order valence-corrected chi connectivity index (χ4v) is 6.55. The van der Waals surface area contributed by atoms with Crippen LogP contribution in [0.4, 0.5) is 0 Å². The van der Waals surface area contributed by atoms with E-state index >= 15 is 0 Å². The molecule has 1 heterocycles. The van der Waals surface area contributed by atoms with Gasteiger partial charge in [0.25, 0.3) is 5.91 Å². The van der Waals surface area contributed by atoms with E-state index in [1.807, 2.05) is 18.2 Å². The molecule has 1 aliphatic rings. The van der Waals surface area contributed by atoms with Gasteiger partial charge in [0.2, 0.25) is 5.91 Å². The van der Waals surface area contributed by atoms with Gasteiger partial charge in [0, 0.05) is 18.5 Å². The SMILES string of the molecule is CCCCCCCCCCCCCC[C@@H](O)[C@@H](O)[C@H](CO[C@H]1O[C@H](CO)[C@H](O)[C@H](O)[C@H]1O)NC(=O)CCCCCCCCNC(=O)c1ccccc1. The fraction of sp³-hybridized carbons (Fsp3) is 0.800. The number of aliphatic hydroxyl groups is 6. The molecule has 0 unspecified atom stereocenters. The minimum absolute atomic E-state index is 0.0783. The van der Waals surface area contributed by atoms with Crippen molar-refractivity contribution in [3.63, 3.8) is 0 Å². The van der Waals surface area contributed by atoms with Crippen molar-refractivity contribution in [3.8, 4) is 0 Å². The van der Waals surface area contributed by atoms with Gasteiger partial charge in [0.15, 0.2) is 6.29 Å². The second kappa shape index (κ2) is 28.3. The van der Waals surface area contributed by atoms with Crippen LogP contribution in [0, 0.1) is 0 Å². The Hall–Kier alpha value is -2.16. The first kappa shape index (κ1) is 46.0. The molecule has 0 aromatic heterocycles. The first-order valence-corrected chi connectivity index (χ1v) is 20.1. The highest BCUT2D eigenvalue weighted by molar-refractivity contribution is 5.94. The summed E-state index contributed by atoms with van der Waals surface area (Å²) in [6, 6.07) is 8.07. The largest absolute Gasteiger partial charge is 0.394 e. The fourth-order valence-electron chi connectivity index (χ4n) is 6.55. The summed E-state index contributed by atoms with van der Waals surface area (Å²) >= 11 is 0. The average Bonchev–Trinajstić information content (AvgIpc) is 3.15. The first-order chi connectivity index (χ1) is 25.2. The molecular formula is C40H70N2O10. The second-order valence-electron chi connectivity index (χ2n) is 14.4. The third-order valence-electron chi connectivity index (χ3n) is 9.95. The molecule has 12 heteroatoms. The van der Waals surface area contributed by atoms with Crippen molar-refractivity contribution < 1.29 is 49.7 Å². The number of amides is 2. The Bertz CT molecular complexity index is 1050. The smallest absolute Gasteiger partial charge is 0.251 e. The van der Waals surface area contributed by atoms with Crippen molar-refractivity contribution in [2.75, 3.05) is 19.8 Å². The highest BCUT2D eigenvalue weighted by Crippen LogP contribution is 2.23. The van der Waals surface area contributed by atoms with Crippen molar-refractivity contribution in [3.05, 3.63) is 35.9 Å². The summed E-state index contributed by atoms with van der Waals surface area (Å²) in [5, 5.41) is 67.8. The van der Waals surface area contributed by atoms with Gasteiger partial charge in [-0.2, -0.15) is 0 Å². The number of hydrogen-bond donors (Lipinski definition) is 8. The summed E-state index contributed by atoms with van der Waals surface area (Å²) in [5.74, 6) is -0.395. The summed E-state index contributed by atoms with van der Waals surface area (Å²) in [5.41, 5.74) is 0.644. The number of carbonyl (C=O) groups excluding carboxylic acids is 2. The van der Waals surface area contributed by atoms with Crippen LogP contribution in [0.5, 0.6) is 0 Å². The maximum absolute atomic E-state index is 12.9. The normalized spacial score (nSPS) is 22.1. The number of benzene rings is 1. The third-order valence-corrected chi connectivity index (χ3v) is 9.95. The van der Waals surface area contributed by atoms with Gasteiger partial charge in [-0.15, -0.1) is 0 Å². The standard InChI is InChI=1S/C40H70N2O10/c1-2-3-4-5-6-7-8-9-10-11-14-20-25-32(44)35(46)31(29-51-40-38(49)37(48)36(47)33(28-43)52-40)42-34(45)26-21-15-12-13-16-22-27-41-39(50)30-23-18-17-19-24-30/h17-19,23-24,31-33,35-38,40,43-44,46-49H,2-16,20-22,25-29H2,1H3,(H,41,50)(H,42,45)/t31-,32+,33+,35-,36-,37-,38+,40-/m0/s1. The summed E-state index contributed by atoms with van der Waals surface area (Å²) in [6.07, 6.45) is 10.0. The van der Waals surface area contributed by atoms with Crippen LogP contribution >= 0.6 is 0 Å². The topological polar surface area (TPSA) is 198 Å². The van der Waals surface area contributed by atoms with Gasteiger partial charge in [-0.25, -0.2) is 0 Å². The van der Waals surface area contributed by atoms with Gasteiger partial charge in [-0.3, -0.25) is 9.59 Å². The van der Waals surface area contributed by atoms with Gasteiger partial charge in [0.1, 0.15) is 30.5 Å². The Morgan fingerprint density at radius 2 is 1.31 bits per heavy atom. The van der Waals surface area contributed by atoms with Crippen LogP contribution in [0.2, 0.25) is 0 Å². The van der Waals surface area contributed by atoms with E-state index in [9.17, 15) is 40.2 Å². The minimum atomic E-state index is -1.63. The van der Waals surface area contributed by atoms with E-state index in [2.05, 4.69) is 17.6 Å². The molecule has 2 amide bonds. The Morgan fingerprint density at radius 1 is 0.750 bits per heavy atom. The monoisotopic (exact) mass is 739 g/mol. The van der Waals surface area contributed by atoms with Crippen LogP contribution in [-0.4, -0.2) is 111 Å². The lowest BCUT2D eigenvalue weighted by Gasteiger charge is -2.40. The van der Waals surface area contributed by atoms with Crippen LogP contribution in [0.3, 0.4) is 0 Å². The predicted octanol–water partition coefficient (Wildman–Crippen LogP) is 4.26. The summed E-state index contributed by atoms with van der Waals surface area (Å²) in [7, 11) is 0. The van der Waals surface area contributed by atoms with Crippen LogP contribution in [-0.2, 0) is 14.3 Å². The minimum Gasteiger partial charge on any atom is -0.394 e. The maximum Gasteiger partial charge on any atom is 0.251 e. The van der Waals surface area contributed by atoms with Crippen LogP contribution in [0.25, 0.3) is 0 Å². The lowest BCUT2D eigenvalue weighted by atomic mass is 9.98. The van der Waals surface area contributed by atoms with E-state index in [0.29, 0.717) is 24.9 Å². The quantitative estimate of drug-likeness (QED) is 0.0528. The lowest BCUT2D eigenvalue weighted by molar-refractivity contribution is -0.303. The second-order valence-corrected chi connectivity index (χ2v) is 14.4. The molecule has 8 N–H and O–H groups in total. The molecule has 2 rings (SSSR count). The van der Waals surface area contributed by atoms with Crippen molar-refractivity contribution in [1.82, 2.24) is 10.6 Å².